The van der Waals surface area contributed by atoms with E-state index in [4.69, 9.17) is 48.7 Å². The van der Waals surface area contributed by atoms with Gasteiger partial charge in [0, 0.05) is 11.1 Å². The first kappa shape index (κ1) is 47.5. The summed E-state index contributed by atoms with van der Waals surface area (Å²) >= 11 is 0. The van der Waals surface area contributed by atoms with E-state index in [9.17, 15) is 14.3 Å². The van der Waals surface area contributed by atoms with Crippen molar-refractivity contribution < 1.29 is 63.0 Å². The van der Waals surface area contributed by atoms with E-state index in [1.807, 2.05) is 182 Å². The van der Waals surface area contributed by atoms with Gasteiger partial charge in [-0.1, -0.05) is 182 Å². The van der Waals surface area contributed by atoms with Crippen LogP contribution in [0, 0.1) is 0 Å². The lowest BCUT2D eigenvalue weighted by Crippen LogP contribution is -2.62. The SMILES string of the molecule is O=C1C(OCc2ccccc2)OC2COC(c3ccccc3)OC2C1OCc1ccccc1.OC1C(OCc2ccccc2)OC2COC(c3ccccc3)OC2C1OCc1ccccc1.[2H]CF. The molecule has 4 fully saturated rings. The number of aliphatic hydroxyl groups is 1. The Balaban J connectivity index is 0.000000176. The van der Waals surface area contributed by atoms with Crippen LogP contribution in [-0.2, 0) is 78.6 Å². The Morgan fingerprint density at radius 2 is 0.897 bits per heavy atom. The number of halogens is 1. The second-order valence-corrected chi connectivity index (χ2v) is 16.4. The summed E-state index contributed by atoms with van der Waals surface area (Å²) in [5.41, 5.74) is 5.74. The lowest BCUT2D eigenvalue weighted by molar-refractivity contribution is -0.368. The zero-order valence-electron chi connectivity index (χ0n) is 38.4. The number of benzene rings is 6. The third-order valence-corrected chi connectivity index (χ3v) is 11.7. The molecule has 6 aromatic rings. The normalized spacial score (nSPS) is 27.7. The molecule has 11 unspecified atom stereocenters. The maximum atomic E-state index is 13.4. The zero-order valence-corrected chi connectivity index (χ0v) is 37.4. The summed E-state index contributed by atoms with van der Waals surface area (Å²) in [4.78, 5) is 13.4. The molecule has 10 rings (SSSR count). The first-order valence-electron chi connectivity index (χ1n) is 23.3. The van der Waals surface area contributed by atoms with Crippen molar-refractivity contribution in [1.29, 1.82) is 0 Å². The predicted molar refractivity (Wildman–Crippen MR) is 248 cm³/mol. The topological polar surface area (TPSA) is 130 Å². The van der Waals surface area contributed by atoms with Gasteiger partial charge in [-0.3, -0.25) is 9.18 Å². The Kier molecular flexibility index (Phi) is 17.6. The van der Waals surface area contributed by atoms with E-state index < -0.39 is 75.0 Å². The second-order valence-electron chi connectivity index (χ2n) is 16.4. The number of ether oxygens (including phenoxy) is 10. The molecule has 4 aliphatic heterocycles. The Morgan fingerprint density at radius 1 is 0.515 bits per heavy atom. The predicted octanol–water partition coefficient (Wildman–Crippen LogP) is 8.77. The van der Waals surface area contributed by atoms with Crippen molar-refractivity contribution in [3.8, 4) is 0 Å². The third-order valence-electron chi connectivity index (χ3n) is 11.7. The molecular formula is C55H57FO12. The molecule has 13 heteroatoms. The average molecular weight is 930 g/mol. The van der Waals surface area contributed by atoms with E-state index >= 15 is 0 Å². The molecule has 0 amide bonds. The van der Waals surface area contributed by atoms with E-state index in [-0.39, 0.29) is 25.6 Å². The molecule has 0 bridgehead atoms. The standard InChI is InChI=1S/C27H28O6.C27H26O6.CH3F/c2*28-23-25(29-16-19-10-4-1-5-11-19)24-22(18-31-26(33-24)21-14-8-3-9-15-21)32-27(23)30-17-20-12-6-2-7-13-20;1-2/h1-15,22-28H,16-18H2;1-15,22,24-27H,16-18H2;1H3/i;;1D. The zero-order chi connectivity index (χ0) is 47.6. The fraction of sp³-hybridized carbons (Fsp3) is 0.327. The van der Waals surface area contributed by atoms with Gasteiger partial charge in [-0.2, -0.15) is 0 Å². The number of aliphatic hydroxyl groups excluding tert-OH is 1. The smallest absolute Gasteiger partial charge is 0.221 e. The molecule has 4 aliphatic rings. The number of rotatable bonds is 14. The second kappa shape index (κ2) is 25.2. The van der Waals surface area contributed by atoms with Crippen LogP contribution in [0.4, 0.5) is 4.39 Å². The van der Waals surface area contributed by atoms with Gasteiger partial charge in [0.15, 0.2) is 25.0 Å². The average Bonchev–Trinajstić information content (AvgIpc) is 3.41. The molecule has 0 saturated carbocycles. The Labute approximate surface area is 397 Å². The van der Waals surface area contributed by atoms with Crippen molar-refractivity contribution in [2.24, 2.45) is 0 Å². The van der Waals surface area contributed by atoms with E-state index in [2.05, 4.69) is 0 Å². The number of hydrogen-bond acceptors (Lipinski definition) is 12. The number of carbonyl (C=O) groups excluding carboxylic acids is 1. The van der Waals surface area contributed by atoms with Crippen LogP contribution >= 0.6 is 0 Å². The summed E-state index contributed by atoms with van der Waals surface area (Å²) in [5.74, 6) is -0.281. The molecular weight excluding hydrogens is 872 g/mol. The summed E-state index contributed by atoms with van der Waals surface area (Å²) < 4.78 is 76.1. The van der Waals surface area contributed by atoms with Gasteiger partial charge in [0.2, 0.25) is 12.1 Å². The van der Waals surface area contributed by atoms with E-state index in [1.165, 1.54) is 0 Å². The lowest BCUT2D eigenvalue weighted by Gasteiger charge is -2.47. The first-order valence-corrected chi connectivity index (χ1v) is 22.6. The molecule has 0 radical (unpaired) electrons. The fourth-order valence-corrected chi connectivity index (χ4v) is 8.23. The molecule has 0 spiro atoms. The fourth-order valence-electron chi connectivity index (χ4n) is 8.23. The van der Waals surface area contributed by atoms with Gasteiger partial charge >= 0.3 is 0 Å². The number of Topliss-reactive ketones (excluding diaryl/α,β-unsaturated/α-hetero) is 1. The van der Waals surface area contributed by atoms with Crippen LogP contribution in [0.2, 0.25) is 0 Å². The molecule has 4 heterocycles. The van der Waals surface area contributed by atoms with Crippen molar-refractivity contribution in [3.05, 3.63) is 215 Å². The number of hydrogen-bond donors (Lipinski definition) is 1. The van der Waals surface area contributed by atoms with Crippen LogP contribution in [0.25, 0.3) is 0 Å². The van der Waals surface area contributed by atoms with E-state index in [0.29, 0.717) is 19.8 Å². The molecule has 4 saturated heterocycles. The van der Waals surface area contributed by atoms with Gasteiger partial charge in [-0.15, -0.1) is 0 Å². The highest BCUT2D eigenvalue weighted by molar-refractivity contribution is 5.87. The Bertz CT molecular complexity index is 2380. The van der Waals surface area contributed by atoms with Crippen molar-refractivity contribution in [2.75, 3.05) is 20.4 Å². The van der Waals surface area contributed by atoms with Crippen molar-refractivity contribution in [2.45, 2.75) is 94.3 Å². The van der Waals surface area contributed by atoms with Crippen LogP contribution in [0.5, 0.6) is 0 Å². The van der Waals surface area contributed by atoms with Gasteiger partial charge in [0.1, 0.15) is 36.6 Å². The molecule has 0 aliphatic carbocycles. The van der Waals surface area contributed by atoms with Crippen molar-refractivity contribution in [3.63, 3.8) is 0 Å². The van der Waals surface area contributed by atoms with E-state index in [1.54, 1.807) is 0 Å². The molecule has 0 aromatic heterocycles. The summed E-state index contributed by atoms with van der Waals surface area (Å²) in [6.07, 6.45) is -7.54. The molecule has 12 nitrogen and oxygen atoms in total. The van der Waals surface area contributed by atoms with Crippen LogP contribution in [0.15, 0.2) is 182 Å². The highest BCUT2D eigenvalue weighted by Crippen LogP contribution is 2.37. The largest absolute Gasteiger partial charge is 0.385 e. The number of fused-ring (bicyclic) bond motifs is 2. The summed E-state index contributed by atoms with van der Waals surface area (Å²) in [5, 5.41) is 11.2. The molecule has 11 atom stereocenters. The monoisotopic (exact) mass is 929 g/mol. The highest BCUT2D eigenvalue weighted by Gasteiger charge is 2.52. The maximum absolute atomic E-state index is 13.4. The van der Waals surface area contributed by atoms with Gasteiger partial charge in [-0.25, -0.2) is 0 Å². The van der Waals surface area contributed by atoms with Gasteiger partial charge in [-0.05, 0) is 22.3 Å². The summed E-state index contributed by atoms with van der Waals surface area (Å²) in [7, 11) is -1.00. The van der Waals surface area contributed by atoms with Gasteiger partial charge < -0.3 is 52.5 Å². The molecule has 356 valence electrons. The minimum atomic E-state index is -1.05. The van der Waals surface area contributed by atoms with Gasteiger partial charge in [0.05, 0.1) is 48.2 Å². The summed E-state index contributed by atoms with van der Waals surface area (Å²) in [6, 6.07) is 58.5. The summed E-state index contributed by atoms with van der Waals surface area (Å²) in [6.45, 7) is 1.79. The van der Waals surface area contributed by atoms with Crippen LogP contribution in [0.1, 0.15) is 47.3 Å². The molecule has 6 aromatic carbocycles. The number of carbonyl (C=O) groups is 1. The van der Waals surface area contributed by atoms with Crippen LogP contribution in [-0.4, -0.2) is 86.6 Å². The van der Waals surface area contributed by atoms with Gasteiger partial charge in [0.25, 0.3) is 0 Å². The third kappa shape index (κ3) is 13.0. The lowest BCUT2D eigenvalue weighted by atomic mass is 9.97. The first-order chi connectivity index (χ1) is 34.0. The minimum absolute atomic E-state index is 0.258. The Morgan fingerprint density at radius 3 is 1.37 bits per heavy atom. The van der Waals surface area contributed by atoms with Crippen molar-refractivity contribution in [1.82, 2.24) is 0 Å². The number of ketones is 1. The van der Waals surface area contributed by atoms with Crippen molar-refractivity contribution >= 4 is 5.78 Å². The quantitative estimate of drug-likeness (QED) is 0.112. The maximum Gasteiger partial charge on any atom is 0.221 e. The minimum Gasteiger partial charge on any atom is -0.385 e. The van der Waals surface area contributed by atoms with E-state index in [0.717, 1.165) is 33.4 Å². The van der Waals surface area contributed by atoms with Crippen LogP contribution in [0.3, 0.4) is 0 Å². The molecule has 1 N–H and O–H groups in total. The van der Waals surface area contributed by atoms with Crippen LogP contribution < -0.4 is 0 Å². The highest BCUT2D eigenvalue weighted by atomic mass is 19.1. The number of alkyl halides is 1. The molecule has 68 heavy (non-hydrogen) atoms. The Hall–Kier alpha value is -5.52.